The summed E-state index contributed by atoms with van der Waals surface area (Å²) < 4.78 is 2.03. The zero-order valence-corrected chi connectivity index (χ0v) is 11.0. The van der Waals surface area contributed by atoms with Crippen molar-refractivity contribution in [1.82, 2.24) is 9.55 Å². The van der Waals surface area contributed by atoms with Gasteiger partial charge in [-0.1, -0.05) is 0 Å². The quantitative estimate of drug-likeness (QED) is 0.678. The topological polar surface area (TPSA) is 102 Å². The molecule has 0 saturated carbocycles. The van der Waals surface area contributed by atoms with Gasteiger partial charge in [0, 0.05) is 37.2 Å². The van der Waals surface area contributed by atoms with Crippen molar-refractivity contribution in [3.05, 3.63) is 52.1 Å². The van der Waals surface area contributed by atoms with Gasteiger partial charge in [-0.05, 0) is 12.1 Å². The number of aromatic nitrogens is 2. The Morgan fingerprint density at radius 1 is 1.38 bits per heavy atom. The van der Waals surface area contributed by atoms with Crippen LogP contribution in [0.2, 0.25) is 0 Å². The van der Waals surface area contributed by atoms with E-state index in [4.69, 9.17) is 5.11 Å². The highest BCUT2D eigenvalue weighted by molar-refractivity contribution is 5.93. The Labute approximate surface area is 119 Å². The van der Waals surface area contributed by atoms with Crippen LogP contribution in [-0.2, 0) is 13.1 Å². The van der Waals surface area contributed by atoms with Crippen molar-refractivity contribution in [2.75, 3.05) is 11.4 Å². The molecule has 1 aliphatic rings. The third-order valence-corrected chi connectivity index (χ3v) is 3.52. The number of carboxylic acids is 1. The predicted molar refractivity (Wildman–Crippen MR) is 73.3 cm³/mol. The number of carboxylic acid groups (broad SMARTS) is 1. The lowest BCUT2D eigenvalue weighted by atomic mass is 10.1. The summed E-state index contributed by atoms with van der Waals surface area (Å²) in [6, 6.07) is 4.15. The summed E-state index contributed by atoms with van der Waals surface area (Å²) in [5.74, 6) is -0.418. The van der Waals surface area contributed by atoms with Gasteiger partial charge in [-0.3, -0.25) is 10.1 Å². The van der Waals surface area contributed by atoms with E-state index in [0.717, 1.165) is 12.4 Å². The fourth-order valence-electron chi connectivity index (χ4n) is 2.45. The molecule has 3 rings (SSSR count). The molecule has 0 unspecified atom stereocenters. The van der Waals surface area contributed by atoms with Gasteiger partial charge in [-0.2, -0.15) is 0 Å². The fraction of sp³-hybridized carbons (Fsp3) is 0.231. The molecule has 1 N–H and O–H groups in total. The number of imidazole rings is 1. The predicted octanol–water partition coefficient (Wildman–Crippen LogP) is 1.51. The molecular formula is C13H12N4O4. The molecular weight excluding hydrogens is 276 g/mol. The highest BCUT2D eigenvalue weighted by Gasteiger charge is 2.23. The number of aromatic carboxylic acids is 1. The van der Waals surface area contributed by atoms with Crippen LogP contribution in [0.1, 0.15) is 16.2 Å². The van der Waals surface area contributed by atoms with Crippen molar-refractivity contribution < 1.29 is 14.8 Å². The number of carbonyl (C=O) groups is 1. The van der Waals surface area contributed by atoms with E-state index in [2.05, 4.69) is 4.98 Å². The second-order valence-corrected chi connectivity index (χ2v) is 4.72. The van der Waals surface area contributed by atoms with Gasteiger partial charge in [0.15, 0.2) is 0 Å². The molecule has 0 fully saturated rings. The van der Waals surface area contributed by atoms with Crippen LogP contribution in [0.5, 0.6) is 0 Å². The van der Waals surface area contributed by atoms with Gasteiger partial charge >= 0.3 is 5.97 Å². The van der Waals surface area contributed by atoms with E-state index >= 15 is 0 Å². The van der Waals surface area contributed by atoms with E-state index in [0.29, 0.717) is 18.8 Å². The molecule has 0 aliphatic carbocycles. The van der Waals surface area contributed by atoms with E-state index in [1.54, 1.807) is 12.3 Å². The zero-order chi connectivity index (χ0) is 15.0. The normalized spacial score (nSPS) is 13.8. The molecule has 108 valence electrons. The molecule has 0 radical (unpaired) electrons. The minimum absolute atomic E-state index is 0.300. The molecule has 1 aliphatic heterocycles. The molecule has 2 aromatic rings. The number of benzene rings is 1. The smallest absolute Gasteiger partial charge is 0.342 e. The van der Waals surface area contributed by atoms with Crippen LogP contribution in [0.25, 0.3) is 0 Å². The molecule has 0 saturated heterocycles. The summed E-state index contributed by atoms with van der Waals surface area (Å²) in [4.78, 5) is 27.5. The van der Waals surface area contributed by atoms with Gasteiger partial charge in [0.2, 0.25) is 0 Å². The molecule has 2 heterocycles. The lowest BCUT2D eigenvalue weighted by Gasteiger charge is -2.29. The maximum absolute atomic E-state index is 11.2. The number of fused-ring (bicyclic) bond motifs is 1. The van der Waals surface area contributed by atoms with Gasteiger partial charge in [0.25, 0.3) is 5.69 Å². The van der Waals surface area contributed by atoms with Gasteiger partial charge in [-0.25, -0.2) is 9.78 Å². The Morgan fingerprint density at radius 2 is 2.19 bits per heavy atom. The molecule has 8 nitrogen and oxygen atoms in total. The second kappa shape index (κ2) is 4.89. The Morgan fingerprint density at radius 3 is 2.90 bits per heavy atom. The Hall–Kier alpha value is -2.90. The number of hydrogen-bond donors (Lipinski definition) is 1. The number of nitrogens with zero attached hydrogens (tertiary/aromatic N) is 4. The van der Waals surface area contributed by atoms with Gasteiger partial charge in [-0.15, -0.1) is 0 Å². The Balaban J connectivity index is 1.95. The minimum atomic E-state index is -1.30. The summed E-state index contributed by atoms with van der Waals surface area (Å²) in [6.45, 7) is 1.98. The standard InChI is InChI=1S/C13H12N4O4/c18-13(19)10-7-9(1-2-11(10)17(20)21)16-6-5-15-4-3-14-12(15)8-16/h1-4,7H,5-6,8H2,(H,18,19). The van der Waals surface area contributed by atoms with Crippen LogP contribution < -0.4 is 4.90 Å². The van der Waals surface area contributed by atoms with E-state index in [9.17, 15) is 14.9 Å². The number of nitro benzene ring substituents is 1. The van der Waals surface area contributed by atoms with Crippen LogP contribution in [-0.4, -0.2) is 32.1 Å². The molecule has 1 aromatic heterocycles. The first-order valence-electron chi connectivity index (χ1n) is 6.33. The third-order valence-electron chi connectivity index (χ3n) is 3.52. The molecule has 1 aromatic carbocycles. The summed E-state index contributed by atoms with van der Waals surface area (Å²) >= 11 is 0. The van der Waals surface area contributed by atoms with E-state index in [1.165, 1.54) is 12.1 Å². The van der Waals surface area contributed by atoms with E-state index in [-0.39, 0.29) is 5.56 Å². The highest BCUT2D eigenvalue weighted by atomic mass is 16.6. The lowest BCUT2D eigenvalue weighted by molar-refractivity contribution is -0.385. The van der Waals surface area contributed by atoms with Crippen molar-refractivity contribution in [1.29, 1.82) is 0 Å². The van der Waals surface area contributed by atoms with Crippen molar-refractivity contribution in [2.45, 2.75) is 13.1 Å². The number of rotatable bonds is 3. The van der Waals surface area contributed by atoms with Gasteiger partial charge in [0.05, 0.1) is 11.5 Å². The van der Waals surface area contributed by atoms with Crippen molar-refractivity contribution in [3.8, 4) is 0 Å². The van der Waals surface area contributed by atoms with E-state index in [1.807, 2.05) is 15.7 Å². The first kappa shape index (κ1) is 13.1. The van der Waals surface area contributed by atoms with Crippen LogP contribution in [0, 0.1) is 10.1 Å². The molecule has 0 spiro atoms. The van der Waals surface area contributed by atoms with E-state index < -0.39 is 16.6 Å². The zero-order valence-electron chi connectivity index (χ0n) is 11.0. The molecule has 0 amide bonds. The first-order valence-corrected chi connectivity index (χ1v) is 6.33. The minimum Gasteiger partial charge on any atom is -0.477 e. The summed E-state index contributed by atoms with van der Waals surface area (Å²) in [6.07, 6.45) is 3.61. The third kappa shape index (κ3) is 2.31. The SMILES string of the molecule is O=C(O)c1cc(N2CCn3ccnc3C2)ccc1[N+](=O)[O-]. The Bertz CT molecular complexity index is 725. The van der Waals surface area contributed by atoms with Crippen LogP contribution in [0.3, 0.4) is 0 Å². The summed E-state index contributed by atoms with van der Waals surface area (Å²) in [5.41, 5.74) is -0.0524. The van der Waals surface area contributed by atoms with Crippen molar-refractivity contribution in [3.63, 3.8) is 0 Å². The molecule has 0 atom stereocenters. The highest BCUT2D eigenvalue weighted by Crippen LogP contribution is 2.27. The molecule has 0 bridgehead atoms. The van der Waals surface area contributed by atoms with Crippen LogP contribution in [0.4, 0.5) is 11.4 Å². The average Bonchev–Trinajstić information content (AvgIpc) is 2.93. The monoisotopic (exact) mass is 288 g/mol. The summed E-state index contributed by atoms with van der Waals surface area (Å²) in [5, 5.41) is 20.0. The number of hydrogen-bond acceptors (Lipinski definition) is 5. The maximum Gasteiger partial charge on any atom is 0.342 e. The molecule has 21 heavy (non-hydrogen) atoms. The van der Waals surface area contributed by atoms with Gasteiger partial charge in [0.1, 0.15) is 11.4 Å². The van der Waals surface area contributed by atoms with Crippen molar-refractivity contribution >= 4 is 17.3 Å². The lowest BCUT2D eigenvalue weighted by Crippen LogP contribution is -2.33. The largest absolute Gasteiger partial charge is 0.477 e. The summed E-state index contributed by atoms with van der Waals surface area (Å²) in [7, 11) is 0. The maximum atomic E-state index is 11.2. The first-order chi connectivity index (χ1) is 10.1. The Kier molecular flexibility index (Phi) is 3.05. The average molecular weight is 288 g/mol. The molecule has 8 heteroatoms. The van der Waals surface area contributed by atoms with Gasteiger partial charge < -0.3 is 14.6 Å². The van der Waals surface area contributed by atoms with Crippen LogP contribution in [0.15, 0.2) is 30.6 Å². The fourth-order valence-corrected chi connectivity index (χ4v) is 2.45. The number of anilines is 1. The van der Waals surface area contributed by atoms with Crippen molar-refractivity contribution in [2.24, 2.45) is 0 Å². The second-order valence-electron chi connectivity index (χ2n) is 4.72. The number of nitro groups is 1. The van der Waals surface area contributed by atoms with Crippen LogP contribution >= 0.6 is 0 Å².